The van der Waals surface area contributed by atoms with Crippen molar-refractivity contribution in [2.45, 2.75) is 0 Å². The molecule has 0 saturated carbocycles. The fourth-order valence-electron chi connectivity index (χ4n) is 5.52. The van der Waals surface area contributed by atoms with Gasteiger partial charge in [-0.05, 0) is 47.5 Å². The standard InChI is InChI=1S/C32H24N2O2/c1-35-21-15-11-19(12-16-21)27-29-23-7-3-5-9-25(23)33-31(29)28(20-13-17-22(36-2)18-14-20)32-30(27)24-8-4-6-10-26(24)34-32/h3-18,33-34H,1-2H3. The molecule has 4 heteroatoms. The molecular formula is C32H24N2O2. The minimum absolute atomic E-state index is 0.842. The van der Waals surface area contributed by atoms with Gasteiger partial charge in [0.1, 0.15) is 11.5 Å². The lowest BCUT2D eigenvalue weighted by molar-refractivity contribution is 0.415. The smallest absolute Gasteiger partial charge is 0.118 e. The quantitative estimate of drug-likeness (QED) is 0.273. The van der Waals surface area contributed by atoms with Crippen molar-refractivity contribution < 1.29 is 9.47 Å². The molecule has 0 fully saturated rings. The van der Waals surface area contributed by atoms with E-state index in [1.807, 2.05) is 24.3 Å². The molecule has 36 heavy (non-hydrogen) atoms. The Hall–Kier alpha value is -4.70. The molecule has 0 aliphatic heterocycles. The summed E-state index contributed by atoms with van der Waals surface area (Å²) in [5.74, 6) is 1.69. The lowest BCUT2D eigenvalue weighted by atomic mass is 9.90. The van der Waals surface area contributed by atoms with Gasteiger partial charge in [0.2, 0.25) is 0 Å². The van der Waals surface area contributed by atoms with Gasteiger partial charge in [0, 0.05) is 43.7 Å². The van der Waals surface area contributed by atoms with Crippen molar-refractivity contribution in [3.63, 3.8) is 0 Å². The molecule has 0 spiro atoms. The molecule has 2 heterocycles. The van der Waals surface area contributed by atoms with Gasteiger partial charge >= 0.3 is 0 Å². The Bertz CT molecular complexity index is 1800. The molecule has 0 aliphatic carbocycles. The number of aromatic amines is 2. The van der Waals surface area contributed by atoms with Crippen molar-refractivity contribution in [3.8, 4) is 33.8 Å². The van der Waals surface area contributed by atoms with E-state index in [4.69, 9.17) is 9.47 Å². The normalized spacial score (nSPS) is 11.6. The van der Waals surface area contributed by atoms with Crippen molar-refractivity contribution in [2.75, 3.05) is 14.2 Å². The van der Waals surface area contributed by atoms with Crippen LogP contribution in [0.5, 0.6) is 11.5 Å². The number of nitrogens with one attached hydrogen (secondary N) is 2. The highest BCUT2D eigenvalue weighted by atomic mass is 16.5. The topological polar surface area (TPSA) is 50.0 Å². The van der Waals surface area contributed by atoms with Crippen LogP contribution >= 0.6 is 0 Å². The summed E-state index contributed by atoms with van der Waals surface area (Å²) >= 11 is 0. The Balaban J connectivity index is 1.73. The SMILES string of the molecule is COc1ccc(-c2c3[nH]c4ccccc4c3c(-c3ccc(OC)cc3)c3c2[nH]c2ccccc23)cc1. The number of hydrogen-bond donors (Lipinski definition) is 2. The number of aromatic nitrogens is 2. The molecular weight excluding hydrogens is 444 g/mol. The first-order valence-electron chi connectivity index (χ1n) is 12.0. The molecule has 4 nitrogen and oxygen atoms in total. The molecule has 0 radical (unpaired) electrons. The Labute approximate surface area is 208 Å². The molecule has 2 N–H and O–H groups in total. The second-order valence-corrected chi connectivity index (χ2v) is 9.05. The third kappa shape index (κ3) is 2.94. The number of para-hydroxylation sites is 2. The Kier molecular flexibility index (Phi) is 4.55. The highest BCUT2D eigenvalue weighted by Crippen LogP contribution is 2.48. The Morgan fingerprint density at radius 2 is 0.889 bits per heavy atom. The van der Waals surface area contributed by atoms with E-state index < -0.39 is 0 Å². The van der Waals surface area contributed by atoms with Gasteiger partial charge in [-0.1, -0.05) is 60.7 Å². The predicted molar refractivity (Wildman–Crippen MR) is 149 cm³/mol. The number of rotatable bonds is 4. The van der Waals surface area contributed by atoms with E-state index in [9.17, 15) is 0 Å². The van der Waals surface area contributed by atoms with E-state index in [1.165, 1.54) is 27.1 Å². The predicted octanol–water partition coefficient (Wildman–Crippen LogP) is 8.31. The van der Waals surface area contributed by atoms with Crippen LogP contribution in [0.15, 0.2) is 97.1 Å². The first-order chi connectivity index (χ1) is 17.8. The van der Waals surface area contributed by atoms with E-state index in [0.29, 0.717) is 0 Å². The minimum atomic E-state index is 0.842. The van der Waals surface area contributed by atoms with Gasteiger partial charge in [-0.2, -0.15) is 0 Å². The maximum absolute atomic E-state index is 5.46. The summed E-state index contributed by atoms with van der Waals surface area (Å²) in [4.78, 5) is 7.53. The summed E-state index contributed by atoms with van der Waals surface area (Å²) in [6.45, 7) is 0. The van der Waals surface area contributed by atoms with Gasteiger partial charge in [-0.25, -0.2) is 0 Å². The van der Waals surface area contributed by atoms with Gasteiger partial charge in [-0.3, -0.25) is 0 Å². The number of H-pyrrole nitrogens is 2. The Morgan fingerprint density at radius 1 is 0.472 bits per heavy atom. The lowest BCUT2D eigenvalue weighted by Crippen LogP contribution is -1.90. The van der Waals surface area contributed by atoms with Crippen LogP contribution in [0, 0.1) is 0 Å². The van der Waals surface area contributed by atoms with E-state index >= 15 is 0 Å². The number of fused-ring (bicyclic) bond motifs is 6. The van der Waals surface area contributed by atoms with Crippen LogP contribution in [0.25, 0.3) is 65.9 Å². The second kappa shape index (κ2) is 7.92. The molecule has 0 bridgehead atoms. The van der Waals surface area contributed by atoms with Crippen molar-refractivity contribution in [2.24, 2.45) is 0 Å². The molecule has 7 rings (SSSR count). The van der Waals surface area contributed by atoms with E-state index in [2.05, 4.69) is 82.8 Å². The number of ether oxygens (including phenoxy) is 2. The lowest BCUT2D eigenvalue weighted by Gasteiger charge is -2.14. The second-order valence-electron chi connectivity index (χ2n) is 9.05. The van der Waals surface area contributed by atoms with Crippen LogP contribution in [0.2, 0.25) is 0 Å². The van der Waals surface area contributed by atoms with Crippen LogP contribution in [0.1, 0.15) is 0 Å². The monoisotopic (exact) mass is 468 g/mol. The molecule has 0 saturated heterocycles. The molecule has 2 aromatic heterocycles. The summed E-state index contributed by atoms with van der Waals surface area (Å²) in [7, 11) is 3.40. The molecule has 174 valence electrons. The third-order valence-electron chi connectivity index (χ3n) is 7.17. The van der Waals surface area contributed by atoms with Crippen LogP contribution in [-0.2, 0) is 0 Å². The van der Waals surface area contributed by atoms with Crippen molar-refractivity contribution in [1.82, 2.24) is 9.97 Å². The van der Waals surface area contributed by atoms with Crippen LogP contribution in [0.4, 0.5) is 0 Å². The van der Waals surface area contributed by atoms with Crippen molar-refractivity contribution in [1.29, 1.82) is 0 Å². The molecule has 0 aliphatic rings. The van der Waals surface area contributed by atoms with Gasteiger partial charge in [-0.15, -0.1) is 0 Å². The summed E-state index contributed by atoms with van der Waals surface area (Å²) < 4.78 is 10.9. The molecule has 0 unspecified atom stereocenters. The van der Waals surface area contributed by atoms with Gasteiger partial charge in [0.05, 0.1) is 25.3 Å². The first-order valence-corrected chi connectivity index (χ1v) is 12.0. The minimum Gasteiger partial charge on any atom is -0.497 e. The highest BCUT2D eigenvalue weighted by molar-refractivity contribution is 6.32. The largest absolute Gasteiger partial charge is 0.497 e. The number of hydrogen-bond acceptors (Lipinski definition) is 2. The maximum Gasteiger partial charge on any atom is 0.118 e. The fraction of sp³-hybridized carbons (Fsp3) is 0.0625. The highest BCUT2D eigenvalue weighted by Gasteiger charge is 2.23. The van der Waals surface area contributed by atoms with Crippen LogP contribution in [-0.4, -0.2) is 24.2 Å². The zero-order valence-corrected chi connectivity index (χ0v) is 20.1. The number of methoxy groups -OCH3 is 2. The summed E-state index contributed by atoms with van der Waals surface area (Å²) in [6.07, 6.45) is 0. The van der Waals surface area contributed by atoms with Gasteiger partial charge in [0.25, 0.3) is 0 Å². The third-order valence-corrected chi connectivity index (χ3v) is 7.17. The van der Waals surface area contributed by atoms with Gasteiger partial charge in [0.15, 0.2) is 0 Å². The summed E-state index contributed by atoms with van der Waals surface area (Å²) in [5, 5.41) is 4.86. The zero-order valence-electron chi connectivity index (χ0n) is 20.1. The van der Waals surface area contributed by atoms with E-state index in [-0.39, 0.29) is 0 Å². The maximum atomic E-state index is 5.46. The molecule has 0 atom stereocenters. The first kappa shape index (κ1) is 20.7. The van der Waals surface area contributed by atoms with Crippen molar-refractivity contribution in [3.05, 3.63) is 97.1 Å². The molecule has 7 aromatic rings. The van der Waals surface area contributed by atoms with Crippen LogP contribution < -0.4 is 9.47 Å². The van der Waals surface area contributed by atoms with Crippen LogP contribution in [0.3, 0.4) is 0 Å². The number of benzene rings is 5. The van der Waals surface area contributed by atoms with Gasteiger partial charge < -0.3 is 19.4 Å². The Morgan fingerprint density at radius 3 is 1.33 bits per heavy atom. The average Bonchev–Trinajstić information content (AvgIpc) is 3.51. The van der Waals surface area contributed by atoms with E-state index in [1.54, 1.807) is 14.2 Å². The van der Waals surface area contributed by atoms with E-state index in [0.717, 1.165) is 50.3 Å². The zero-order chi connectivity index (χ0) is 24.2. The molecule has 5 aromatic carbocycles. The summed E-state index contributed by atoms with van der Waals surface area (Å²) in [5.41, 5.74) is 9.13. The summed E-state index contributed by atoms with van der Waals surface area (Å²) in [6, 6.07) is 33.8. The fourth-order valence-corrected chi connectivity index (χ4v) is 5.52. The van der Waals surface area contributed by atoms with Crippen molar-refractivity contribution >= 4 is 43.6 Å². The molecule has 0 amide bonds. The average molecular weight is 469 g/mol.